The molecule has 3 heterocycles. The van der Waals surface area contributed by atoms with E-state index in [9.17, 15) is 9.18 Å². The van der Waals surface area contributed by atoms with Crippen LogP contribution in [0.2, 0.25) is 0 Å². The lowest BCUT2D eigenvalue weighted by atomic mass is 10.1. The summed E-state index contributed by atoms with van der Waals surface area (Å²) >= 11 is 2.59. The number of rotatable bonds is 6. The van der Waals surface area contributed by atoms with Crippen molar-refractivity contribution in [2.45, 2.75) is 0 Å². The highest BCUT2D eigenvalue weighted by Crippen LogP contribution is 2.31. The number of thiazole rings is 2. The maximum atomic E-state index is 13.3. The third-order valence-electron chi connectivity index (χ3n) is 4.72. The van der Waals surface area contributed by atoms with Crippen LogP contribution in [0.25, 0.3) is 27.6 Å². The minimum absolute atomic E-state index is 0.133. The number of azo groups is 1. The second kappa shape index (κ2) is 8.88. The second-order valence-corrected chi connectivity index (χ2v) is 8.45. The topological polar surface area (TPSA) is 97.5 Å². The number of aromatic nitrogens is 4. The van der Waals surface area contributed by atoms with E-state index in [0.717, 1.165) is 11.1 Å². The number of halogens is 1. The normalized spacial score (nSPS) is 11.3. The fourth-order valence-corrected chi connectivity index (χ4v) is 4.34. The average molecular weight is 479 g/mol. The number of methoxy groups -OCH3 is 1. The van der Waals surface area contributed by atoms with Gasteiger partial charge in [0.05, 0.1) is 18.5 Å². The van der Waals surface area contributed by atoms with Crippen molar-refractivity contribution in [2.24, 2.45) is 10.2 Å². The molecule has 0 unspecified atom stereocenters. The Bertz CT molecular complexity index is 1470. The first kappa shape index (κ1) is 20.9. The van der Waals surface area contributed by atoms with Gasteiger partial charge in [0.1, 0.15) is 11.6 Å². The van der Waals surface area contributed by atoms with E-state index < -0.39 is 5.56 Å². The zero-order valence-electron chi connectivity index (χ0n) is 17.1. The molecule has 5 aromatic rings. The molecular weight excluding hydrogens is 463 g/mol. The van der Waals surface area contributed by atoms with Gasteiger partial charge < -0.3 is 4.74 Å². The van der Waals surface area contributed by atoms with E-state index in [1.165, 1.54) is 39.5 Å². The Morgan fingerprint density at radius 3 is 2.48 bits per heavy atom. The number of nitrogens with zero attached hydrogens (tertiary/aromatic N) is 5. The van der Waals surface area contributed by atoms with Crippen molar-refractivity contribution in [3.63, 3.8) is 0 Å². The molecule has 1 N–H and O–H groups in total. The van der Waals surface area contributed by atoms with Crippen LogP contribution in [0.15, 0.2) is 80.5 Å². The molecule has 33 heavy (non-hydrogen) atoms. The van der Waals surface area contributed by atoms with Crippen molar-refractivity contribution in [3.8, 4) is 33.4 Å². The molecule has 8 nitrogen and oxygen atoms in total. The number of aromatic amines is 1. The van der Waals surface area contributed by atoms with E-state index in [1.807, 2.05) is 12.1 Å². The molecule has 0 bridgehead atoms. The van der Waals surface area contributed by atoms with E-state index in [1.54, 1.807) is 48.3 Å². The van der Waals surface area contributed by atoms with Gasteiger partial charge in [0, 0.05) is 28.1 Å². The van der Waals surface area contributed by atoms with Crippen molar-refractivity contribution in [2.75, 3.05) is 7.11 Å². The number of ether oxygens (including phenoxy) is 1. The SMILES string of the molecule is COc1ccc(-c2[nH]n(-c3nc(-c4ccc(F)cc4)cs3)c(=O)c2N=Nc2nccs2)cc1. The number of benzene rings is 2. The average Bonchev–Trinajstić information content (AvgIpc) is 3.59. The summed E-state index contributed by atoms with van der Waals surface area (Å²) in [6, 6.07) is 13.3. The van der Waals surface area contributed by atoms with Gasteiger partial charge in [0.25, 0.3) is 0 Å². The molecule has 0 atom stereocenters. The molecule has 0 saturated carbocycles. The summed E-state index contributed by atoms with van der Waals surface area (Å²) in [4.78, 5) is 21.9. The van der Waals surface area contributed by atoms with Crippen molar-refractivity contribution in [1.82, 2.24) is 19.7 Å². The minimum Gasteiger partial charge on any atom is -0.497 e. The smallest absolute Gasteiger partial charge is 0.301 e. The van der Waals surface area contributed by atoms with Crippen molar-refractivity contribution in [3.05, 3.63) is 81.7 Å². The van der Waals surface area contributed by atoms with E-state index in [0.29, 0.717) is 27.4 Å². The molecule has 0 aliphatic heterocycles. The maximum Gasteiger partial charge on any atom is 0.301 e. The molecule has 0 fully saturated rings. The van der Waals surface area contributed by atoms with Crippen LogP contribution in [0.1, 0.15) is 0 Å². The Morgan fingerprint density at radius 1 is 1.03 bits per heavy atom. The lowest BCUT2D eigenvalue weighted by molar-refractivity contribution is 0.415. The predicted molar refractivity (Wildman–Crippen MR) is 126 cm³/mol. The summed E-state index contributed by atoms with van der Waals surface area (Å²) in [6.45, 7) is 0. The van der Waals surface area contributed by atoms with E-state index in [-0.39, 0.29) is 11.5 Å². The number of H-pyrrole nitrogens is 1. The van der Waals surface area contributed by atoms with Gasteiger partial charge in [-0.25, -0.2) is 14.4 Å². The largest absolute Gasteiger partial charge is 0.497 e. The Labute approximate surface area is 194 Å². The van der Waals surface area contributed by atoms with Crippen LogP contribution in [-0.2, 0) is 0 Å². The Hall–Kier alpha value is -3.96. The number of hydrogen-bond acceptors (Lipinski definition) is 8. The molecule has 2 aromatic carbocycles. The Balaban J connectivity index is 1.59. The van der Waals surface area contributed by atoms with Crippen LogP contribution in [0.4, 0.5) is 15.2 Å². The van der Waals surface area contributed by atoms with Crippen molar-refractivity contribution < 1.29 is 9.13 Å². The van der Waals surface area contributed by atoms with Gasteiger partial charge in [-0.1, -0.05) is 0 Å². The molecule has 164 valence electrons. The summed E-state index contributed by atoms with van der Waals surface area (Å²) < 4.78 is 19.8. The second-order valence-electron chi connectivity index (χ2n) is 6.74. The fourth-order valence-electron chi connectivity index (χ4n) is 3.09. The van der Waals surface area contributed by atoms with Gasteiger partial charge in [0.2, 0.25) is 10.3 Å². The van der Waals surface area contributed by atoms with E-state index in [2.05, 4.69) is 25.3 Å². The molecule has 0 amide bonds. The lowest BCUT2D eigenvalue weighted by Gasteiger charge is -2.02. The molecular formula is C22H15FN6O2S2. The fraction of sp³-hybridized carbons (Fsp3) is 0.0455. The highest BCUT2D eigenvalue weighted by molar-refractivity contribution is 7.13. The highest BCUT2D eigenvalue weighted by atomic mass is 32.1. The quantitative estimate of drug-likeness (QED) is 0.304. The van der Waals surface area contributed by atoms with Crippen molar-refractivity contribution in [1.29, 1.82) is 0 Å². The van der Waals surface area contributed by atoms with Crippen LogP contribution >= 0.6 is 22.7 Å². The zero-order chi connectivity index (χ0) is 22.8. The summed E-state index contributed by atoms with van der Waals surface area (Å²) in [5.41, 5.74) is 2.33. The predicted octanol–water partition coefficient (Wildman–Crippen LogP) is 5.98. The monoisotopic (exact) mass is 478 g/mol. The highest BCUT2D eigenvalue weighted by Gasteiger charge is 2.19. The van der Waals surface area contributed by atoms with E-state index >= 15 is 0 Å². The number of hydrogen-bond donors (Lipinski definition) is 1. The standard InChI is InChI=1S/C22H15FN6O2S2/c1-31-16-8-4-14(5-9-16)18-19(26-27-21-24-10-11-32-21)20(30)29(28-18)22-25-17(12-33-22)13-2-6-15(23)7-3-13/h2-12,28H,1H3. The molecule has 0 saturated heterocycles. The van der Waals surface area contributed by atoms with E-state index in [4.69, 9.17) is 4.74 Å². The van der Waals surface area contributed by atoms with Gasteiger partial charge in [-0.15, -0.1) is 32.9 Å². The van der Waals surface area contributed by atoms with Crippen LogP contribution in [0.5, 0.6) is 5.75 Å². The first-order chi connectivity index (χ1) is 16.1. The van der Waals surface area contributed by atoms with Gasteiger partial charge in [-0.2, -0.15) is 4.68 Å². The third-order valence-corrected chi connectivity index (χ3v) is 6.20. The minimum atomic E-state index is -0.402. The number of nitrogens with one attached hydrogen (secondary N) is 1. The van der Waals surface area contributed by atoms with Crippen LogP contribution < -0.4 is 10.3 Å². The first-order valence-corrected chi connectivity index (χ1v) is 11.4. The molecule has 11 heteroatoms. The van der Waals surface area contributed by atoms with Gasteiger partial charge in [-0.05, 0) is 48.5 Å². The molecule has 5 rings (SSSR count). The summed E-state index contributed by atoms with van der Waals surface area (Å²) in [7, 11) is 1.59. The van der Waals surface area contributed by atoms with Crippen LogP contribution in [0, 0.1) is 5.82 Å². The van der Waals surface area contributed by atoms with Gasteiger partial charge >= 0.3 is 5.56 Å². The molecule has 0 radical (unpaired) electrons. The maximum absolute atomic E-state index is 13.3. The summed E-state index contributed by atoms with van der Waals surface area (Å²) in [5.74, 6) is 0.365. The molecule has 0 aliphatic carbocycles. The zero-order valence-corrected chi connectivity index (χ0v) is 18.7. The Morgan fingerprint density at radius 2 is 1.79 bits per heavy atom. The Kier molecular flexibility index (Phi) is 5.63. The van der Waals surface area contributed by atoms with Gasteiger partial charge in [-0.3, -0.25) is 9.89 Å². The lowest BCUT2D eigenvalue weighted by Crippen LogP contribution is -2.13. The first-order valence-electron chi connectivity index (χ1n) is 9.65. The van der Waals surface area contributed by atoms with Crippen LogP contribution in [-0.4, -0.2) is 26.9 Å². The molecule has 3 aromatic heterocycles. The molecule has 0 spiro atoms. The third kappa shape index (κ3) is 4.23. The summed E-state index contributed by atoms with van der Waals surface area (Å²) in [5, 5.41) is 15.9. The summed E-state index contributed by atoms with van der Waals surface area (Å²) in [6.07, 6.45) is 1.62. The molecule has 0 aliphatic rings. The van der Waals surface area contributed by atoms with Gasteiger partial charge in [0.15, 0.2) is 5.69 Å². The van der Waals surface area contributed by atoms with Crippen LogP contribution in [0.3, 0.4) is 0 Å². The van der Waals surface area contributed by atoms with Crippen molar-refractivity contribution >= 4 is 33.5 Å².